The molecule has 0 radical (unpaired) electrons. The predicted molar refractivity (Wildman–Crippen MR) is 112 cm³/mol. The number of amides is 1. The Balaban J connectivity index is 1.53. The normalized spacial score (nSPS) is 10.4. The minimum absolute atomic E-state index is 0.0397. The smallest absolute Gasteiger partial charge is 0.234 e. The molecular weight excluding hydrogens is 354 g/mol. The van der Waals surface area contributed by atoms with Crippen molar-refractivity contribution in [1.82, 2.24) is 0 Å². The summed E-state index contributed by atoms with van der Waals surface area (Å²) >= 11 is 1.33. The molecule has 3 rings (SSSR count). The summed E-state index contributed by atoms with van der Waals surface area (Å²) in [4.78, 5) is 24.4. The van der Waals surface area contributed by atoms with Crippen molar-refractivity contribution >= 4 is 29.1 Å². The van der Waals surface area contributed by atoms with Crippen molar-refractivity contribution in [2.45, 2.75) is 6.42 Å². The zero-order valence-electron chi connectivity index (χ0n) is 14.9. The molecule has 3 nitrogen and oxygen atoms in total. The van der Waals surface area contributed by atoms with Gasteiger partial charge >= 0.3 is 0 Å². The van der Waals surface area contributed by atoms with Gasteiger partial charge in [0.1, 0.15) is 0 Å². The van der Waals surface area contributed by atoms with Crippen LogP contribution in [0.2, 0.25) is 0 Å². The molecule has 4 heteroatoms. The summed E-state index contributed by atoms with van der Waals surface area (Å²) in [5.41, 5.74) is 3.77. The second kappa shape index (κ2) is 9.74. The van der Waals surface area contributed by atoms with Gasteiger partial charge in [0.2, 0.25) is 5.91 Å². The summed E-state index contributed by atoms with van der Waals surface area (Å²) in [6.07, 6.45) is 0.761. The maximum atomic E-state index is 12.3. The quantitative estimate of drug-likeness (QED) is 0.574. The van der Waals surface area contributed by atoms with Crippen LogP contribution in [-0.2, 0) is 11.2 Å². The lowest BCUT2D eigenvalue weighted by Crippen LogP contribution is -2.16. The molecule has 27 heavy (non-hydrogen) atoms. The van der Waals surface area contributed by atoms with E-state index in [9.17, 15) is 9.59 Å². The van der Waals surface area contributed by atoms with Gasteiger partial charge in [0.15, 0.2) is 5.78 Å². The summed E-state index contributed by atoms with van der Waals surface area (Å²) in [5, 5.41) is 2.97. The summed E-state index contributed by atoms with van der Waals surface area (Å²) in [6, 6.07) is 27.1. The number of ketones is 1. The van der Waals surface area contributed by atoms with Crippen LogP contribution in [0.1, 0.15) is 21.5 Å². The van der Waals surface area contributed by atoms with Crippen LogP contribution < -0.4 is 5.32 Å². The molecule has 0 saturated carbocycles. The molecule has 3 aromatic carbocycles. The highest BCUT2D eigenvalue weighted by Crippen LogP contribution is 2.19. The molecule has 0 unspecified atom stereocenters. The summed E-state index contributed by atoms with van der Waals surface area (Å²) in [7, 11) is 0. The van der Waals surface area contributed by atoms with E-state index < -0.39 is 0 Å². The van der Waals surface area contributed by atoms with Gasteiger partial charge in [-0.2, -0.15) is 0 Å². The number of Topliss-reactive ketones (excluding diaryl/α,β-unsaturated/α-hetero) is 1. The summed E-state index contributed by atoms with van der Waals surface area (Å²) in [5.74, 6) is 0.487. The first-order chi connectivity index (χ1) is 13.2. The maximum absolute atomic E-state index is 12.3. The molecule has 0 aliphatic heterocycles. The van der Waals surface area contributed by atoms with Crippen LogP contribution in [0.4, 0.5) is 5.69 Å². The SMILES string of the molecule is O=C(CSCC(=O)c1ccccc1)Nc1ccccc1Cc1ccccc1. The number of carbonyl (C=O) groups excluding carboxylic acids is 2. The Labute approximate surface area is 163 Å². The first kappa shape index (κ1) is 18.9. The number of rotatable bonds is 8. The van der Waals surface area contributed by atoms with Crippen LogP contribution in [0, 0.1) is 0 Å². The fourth-order valence-electron chi connectivity index (χ4n) is 2.74. The van der Waals surface area contributed by atoms with Crippen molar-refractivity contribution in [3.8, 4) is 0 Å². The van der Waals surface area contributed by atoms with E-state index in [0.29, 0.717) is 11.3 Å². The van der Waals surface area contributed by atoms with Gasteiger partial charge in [-0.1, -0.05) is 78.9 Å². The minimum atomic E-state index is -0.0960. The number of carbonyl (C=O) groups is 2. The second-order valence-corrected chi connectivity index (χ2v) is 7.14. The third-order valence-corrected chi connectivity index (χ3v) is 5.02. The minimum Gasteiger partial charge on any atom is -0.325 e. The van der Waals surface area contributed by atoms with Gasteiger partial charge in [0, 0.05) is 11.3 Å². The predicted octanol–water partition coefficient (Wildman–Crippen LogP) is 4.83. The van der Waals surface area contributed by atoms with Crippen LogP contribution in [-0.4, -0.2) is 23.2 Å². The lowest BCUT2D eigenvalue weighted by molar-refractivity contribution is -0.113. The number of benzene rings is 3. The van der Waals surface area contributed by atoms with Crippen LogP contribution in [0.5, 0.6) is 0 Å². The van der Waals surface area contributed by atoms with E-state index in [1.807, 2.05) is 60.7 Å². The van der Waals surface area contributed by atoms with E-state index in [4.69, 9.17) is 0 Å². The number of nitrogens with one attached hydrogen (secondary N) is 1. The van der Waals surface area contributed by atoms with Gasteiger partial charge in [-0.25, -0.2) is 0 Å². The van der Waals surface area contributed by atoms with Crippen LogP contribution in [0.3, 0.4) is 0 Å². The fourth-order valence-corrected chi connectivity index (χ4v) is 3.45. The van der Waals surface area contributed by atoms with E-state index >= 15 is 0 Å². The molecule has 3 aromatic rings. The highest BCUT2D eigenvalue weighted by atomic mass is 32.2. The Morgan fingerprint density at radius 2 is 1.37 bits per heavy atom. The third kappa shape index (κ3) is 5.83. The lowest BCUT2D eigenvalue weighted by Gasteiger charge is -2.11. The second-order valence-electron chi connectivity index (χ2n) is 6.15. The molecule has 1 amide bonds. The monoisotopic (exact) mass is 375 g/mol. The Kier molecular flexibility index (Phi) is 6.83. The van der Waals surface area contributed by atoms with Crippen molar-refractivity contribution in [2.24, 2.45) is 0 Å². The highest BCUT2D eigenvalue weighted by molar-refractivity contribution is 8.00. The molecule has 0 heterocycles. The fraction of sp³-hybridized carbons (Fsp3) is 0.130. The Morgan fingerprint density at radius 1 is 0.741 bits per heavy atom. The molecule has 0 fully saturated rings. The van der Waals surface area contributed by atoms with Gasteiger partial charge in [0.25, 0.3) is 0 Å². The molecule has 0 aromatic heterocycles. The first-order valence-corrected chi connectivity index (χ1v) is 9.95. The topological polar surface area (TPSA) is 46.2 Å². The van der Waals surface area contributed by atoms with E-state index in [1.54, 1.807) is 12.1 Å². The van der Waals surface area contributed by atoms with Crippen molar-refractivity contribution in [3.05, 3.63) is 102 Å². The standard InChI is InChI=1S/C23H21NO2S/c25-22(19-11-5-2-6-12-19)16-27-17-23(26)24-21-14-8-7-13-20(21)15-18-9-3-1-4-10-18/h1-14H,15-17H2,(H,24,26). The average Bonchev–Trinajstić information content (AvgIpc) is 2.71. The maximum Gasteiger partial charge on any atom is 0.234 e. The lowest BCUT2D eigenvalue weighted by atomic mass is 10.0. The van der Waals surface area contributed by atoms with E-state index in [1.165, 1.54) is 17.3 Å². The molecule has 0 saturated heterocycles. The van der Waals surface area contributed by atoms with Gasteiger partial charge in [-0.3, -0.25) is 9.59 Å². The summed E-state index contributed by atoms with van der Waals surface area (Å²) < 4.78 is 0. The molecular formula is C23H21NO2S. The number of hydrogen-bond acceptors (Lipinski definition) is 3. The number of thioether (sulfide) groups is 1. The average molecular weight is 375 g/mol. The molecule has 0 spiro atoms. The molecule has 0 aliphatic rings. The summed E-state index contributed by atoms with van der Waals surface area (Å²) in [6.45, 7) is 0. The van der Waals surface area contributed by atoms with Crippen molar-refractivity contribution in [3.63, 3.8) is 0 Å². The molecule has 0 bridgehead atoms. The van der Waals surface area contributed by atoms with Gasteiger partial charge < -0.3 is 5.32 Å². The van der Waals surface area contributed by atoms with Crippen LogP contribution in [0.15, 0.2) is 84.9 Å². The Bertz CT molecular complexity index is 895. The van der Waals surface area contributed by atoms with Gasteiger partial charge in [-0.05, 0) is 23.6 Å². The van der Waals surface area contributed by atoms with Crippen molar-refractivity contribution < 1.29 is 9.59 Å². The van der Waals surface area contributed by atoms with Crippen molar-refractivity contribution in [2.75, 3.05) is 16.8 Å². The number of para-hydroxylation sites is 1. The number of anilines is 1. The molecule has 0 aliphatic carbocycles. The molecule has 1 N–H and O–H groups in total. The van der Waals surface area contributed by atoms with Gasteiger partial charge in [-0.15, -0.1) is 11.8 Å². The van der Waals surface area contributed by atoms with E-state index in [0.717, 1.165) is 17.7 Å². The molecule has 136 valence electrons. The Morgan fingerprint density at radius 3 is 2.11 bits per heavy atom. The van der Waals surface area contributed by atoms with Crippen LogP contribution in [0.25, 0.3) is 0 Å². The zero-order valence-corrected chi connectivity index (χ0v) is 15.7. The third-order valence-electron chi connectivity index (χ3n) is 4.09. The first-order valence-electron chi connectivity index (χ1n) is 8.80. The van der Waals surface area contributed by atoms with E-state index in [-0.39, 0.29) is 17.4 Å². The van der Waals surface area contributed by atoms with Crippen LogP contribution >= 0.6 is 11.8 Å². The number of hydrogen-bond donors (Lipinski definition) is 1. The molecule has 0 atom stereocenters. The largest absolute Gasteiger partial charge is 0.325 e. The van der Waals surface area contributed by atoms with Gasteiger partial charge in [0.05, 0.1) is 11.5 Å². The Hall–Kier alpha value is -2.85. The van der Waals surface area contributed by atoms with Crippen molar-refractivity contribution in [1.29, 1.82) is 0 Å². The zero-order chi connectivity index (χ0) is 18.9. The highest BCUT2D eigenvalue weighted by Gasteiger charge is 2.10. The van der Waals surface area contributed by atoms with E-state index in [2.05, 4.69) is 17.4 Å².